The van der Waals surface area contributed by atoms with Gasteiger partial charge in [0.2, 0.25) is 11.8 Å². The minimum Gasteiger partial charge on any atom is -0.481 e. The first-order valence-corrected chi connectivity index (χ1v) is 4.85. The zero-order chi connectivity index (χ0) is 12.6. The SMILES string of the molecule is CCOCC(=O)N[C@@H](CCC(=O)O)C(N)=O. The number of hydrogen-bond acceptors (Lipinski definition) is 4. The Morgan fingerprint density at radius 3 is 2.50 bits per heavy atom. The Kier molecular flexibility index (Phi) is 6.86. The molecule has 0 spiro atoms. The Morgan fingerprint density at radius 2 is 2.06 bits per heavy atom. The van der Waals surface area contributed by atoms with E-state index in [1.807, 2.05) is 0 Å². The van der Waals surface area contributed by atoms with Crippen molar-refractivity contribution < 1.29 is 24.2 Å². The van der Waals surface area contributed by atoms with Gasteiger partial charge in [-0.3, -0.25) is 14.4 Å². The van der Waals surface area contributed by atoms with E-state index in [2.05, 4.69) is 5.32 Å². The summed E-state index contributed by atoms with van der Waals surface area (Å²) < 4.78 is 4.82. The summed E-state index contributed by atoms with van der Waals surface area (Å²) in [5, 5.41) is 10.7. The second-order valence-electron chi connectivity index (χ2n) is 3.09. The van der Waals surface area contributed by atoms with Crippen LogP contribution >= 0.6 is 0 Å². The van der Waals surface area contributed by atoms with E-state index in [0.717, 1.165) is 0 Å². The third kappa shape index (κ3) is 6.77. The van der Waals surface area contributed by atoms with Gasteiger partial charge < -0.3 is 20.9 Å². The van der Waals surface area contributed by atoms with Gasteiger partial charge in [-0.05, 0) is 13.3 Å². The van der Waals surface area contributed by atoms with Crippen LogP contribution in [-0.2, 0) is 19.1 Å². The zero-order valence-electron chi connectivity index (χ0n) is 9.06. The number of aliphatic carboxylic acids is 1. The van der Waals surface area contributed by atoms with Gasteiger partial charge in [0.15, 0.2) is 0 Å². The summed E-state index contributed by atoms with van der Waals surface area (Å²) in [5.74, 6) is -2.30. The average Bonchev–Trinajstić information content (AvgIpc) is 2.20. The summed E-state index contributed by atoms with van der Waals surface area (Å²) >= 11 is 0. The van der Waals surface area contributed by atoms with Crippen LogP contribution in [-0.4, -0.2) is 42.1 Å². The lowest BCUT2D eigenvalue weighted by molar-refractivity contribution is -0.138. The first-order valence-electron chi connectivity index (χ1n) is 4.85. The summed E-state index contributed by atoms with van der Waals surface area (Å²) in [5.41, 5.74) is 5.01. The first kappa shape index (κ1) is 14.4. The minimum atomic E-state index is -1.05. The molecule has 0 saturated heterocycles. The van der Waals surface area contributed by atoms with Crippen LogP contribution in [0, 0.1) is 0 Å². The van der Waals surface area contributed by atoms with E-state index in [1.165, 1.54) is 0 Å². The number of amides is 2. The second-order valence-corrected chi connectivity index (χ2v) is 3.09. The second kappa shape index (κ2) is 7.63. The molecule has 0 aliphatic rings. The van der Waals surface area contributed by atoms with Crippen LogP contribution in [0.4, 0.5) is 0 Å². The molecule has 0 rings (SSSR count). The van der Waals surface area contributed by atoms with Gasteiger partial charge in [0.25, 0.3) is 0 Å². The van der Waals surface area contributed by atoms with Crippen LogP contribution in [0.3, 0.4) is 0 Å². The molecule has 0 aliphatic heterocycles. The summed E-state index contributed by atoms with van der Waals surface area (Å²) in [6.45, 7) is 1.93. The number of carbonyl (C=O) groups excluding carboxylic acids is 2. The van der Waals surface area contributed by atoms with Crippen LogP contribution < -0.4 is 11.1 Å². The first-order chi connectivity index (χ1) is 7.47. The number of carboxylic acid groups (broad SMARTS) is 1. The predicted molar refractivity (Wildman–Crippen MR) is 54.5 cm³/mol. The van der Waals surface area contributed by atoms with E-state index in [1.54, 1.807) is 6.92 Å². The molecule has 7 nitrogen and oxygen atoms in total. The van der Waals surface area contributed by atoms with E-state index < -0.39 is 23.8 Å². The zero-order valence-corrected chi connectivity index (χ0v) is 9.06. The summed E-state index contributed by atoms with van der Waals surface area (Å²) in [6.07, 6.45) is -0.259. The Morgan fingerprint density at radius 1 is 1.44 bits per heavy atom. The van der Waals surface area contributed by atoms with Crippen molar-refractivity contribution >= 4 is 17.8 Å². The quantitative estimate of drug-likeness (QED) is 0.488. The van der Waals surface area contributed by atoms with Crippen molar-refractivity contribution in [3.63, 3.8) is 0 Å². The number of primary amides is 1. The minimum absolute atomic E-state index is 0.0253. The van der Waals surface area contributed by atoms with Crippen molar-refractivity contribution in [1.82, 2.24) is 5.32 Å². The van der Waals surface area contributed by atoms with Crippen molar-refractivity contribution in [2.45, 2.75) is 25.8 Å². The number of ether oxygens (including phenoxy) is 1. The molecule has 0 unspecified atom stereocenters. The summed E-state index contributed by atoms with van der Waals surface area (Å²) in [6, 6.07) is -0.968. The fourth-order valence-corrected chi connectivity index (χ4v) is 0.984. The molecular weight excluding hydrogens is 216 g/mol. The van der Waals surface area contributed by atoms with E-state index in [9.17, 15) is 14.4 Å². The van der Waals surface area contributed by atoms with E-state index >= 15 is 0 Å². The fraction of sp³-hybridized carbons (Fsp3) is 0.667. The van der Waals surface area contributed by atoms with Gasteiger partial charge >= 0.3 is 5.97 Å². The maximum atomic E-state index is 11.2. The topological polar surface area (TPSA) is 119 Å². The van der Waals surface area contributed by atoms with Gasteiger partial charge in [-0.1, -0.05) is 0 Å². The maximum Gasteiger partial charge on any atom is 0.303 e. The molecule has 0 fully saturated rings. The summed E-state index contributed by atoms with van der Waals surface area (Å²) in [7, 11) is 0. The molecule has 1 atom stereocenters. The monoisotopic (exact) mass is 232 g/mol. The molecular formula is C9H16N2O5. The molecule has 2 amide bonds. The van der Waals surface area contributed by atoms with E-state index in [0.29, 0.717) is 6.61 Å². The standard InChI is InChI=1S/C9H16N2O5/c1-2-16-5-7(12)11-6(9(10)15)3-4-8(13)14/h6H,2-5H2,1H3,(H2,10,15)(H,11,12)(H,13,14)/t6-/m0/s1. The molecule has 0 heterocycles. The van der Waals surface area contributed by atoms with Crippen LogP contribution in [0.2, 0.25) is 0 Å². The molecule has 0 radical (unpaired) electrons. The van der Waals surface area contributed by atoms with Gasteiger partial charge in [0.05, 0.1) is 0 Å². The smallest absolute Gasteiger partial charge is 0.303 e. The lowest BCUT2D eigenvalue weighted by Gasteiger charge is -2.14. The van der Waals surface area contributed by atoms with Crippen LogP contribution in [0.25, 0.3) is 0 Å². The highest BCUT2D eigenvalue weighted by atomic mass is 16.5. The van der Waals surface area contributed by atoms with E-state index in [-0.39, 0.29) is 19.4 Å². The van der Waals surface area contributed by atoms with Crippen LogP contribution in [0.15, 0.2) is 0 Å². The largest absolute Gasteiger partial charge is 0.481 e. The third-order valence-corrected chi connectivity index (χ3v) is 1.76. The van der Waals surface area contributed by atoms with Gasteiger partial charge in [0, 0.05) is 13.0 Å². The highest BCUT2D eigenvalue weighted by molar-refractivity contribution is 5.87. The average molecular weight is 232 g/mol. The molecule has 0 aromatic rings. The van der Waals surface area contributed by atoms with Gasteiger partial charge in [-0.2, -0.15) is 0 Å². The highest BCUT2D eigenvalue weighted by Crippen LogP contribution is 1.97. The Labute approximate surface area is 92.9 Å². The Balaban J connectivity index is 4.07. The van der Waals surface area contributed by atoms with Gasteiger partial charge in [-0.15, -0.1) is 0 Å². The highest BCUT2D eigenvalue weighted by Gasteiger charge is 2.18. The number of carbonyl (C=O) groups is 3. The molecule has 7 heteroatoms. The van der Waals surface area contributed by atoms with E-state index in [4.69, 9.17) is 15.6 Å². The predicted octanol–water partition coefficient (Wildman–Crippen LogP) is -1.14. The number of nitrogens with one attached hydrogen (secondary N) is 1. The molecule has 0 bridgehead atoms. The van der Waals surface area contributed by atoms with Gasteiger partial charge in [-0.25, -0.2) is 0 Å². The molecule has 92 valence electrons. The molecule has 0 aromatic carbocycles. The maximum absolute atomic E-state index is 11.2. The number of rotatable bonds is 8. The van der Waals surface area contributed by atoms with Crippen molar-refractivity contribution in [3.05, 3.63) is 0 Å². The Hall–Kier alpha value is -1.63. The molecule has 4 N–H and O–H groups in total. The van der Waals surface area contributed by atoms with Crippen molar-refractivity contribution in [2.75, 3.05) is 13.2 Å². The molecule has 0 saturated carbocycles. The lowest BCUT2D eigenvalue weighted by Crippen LogP contribution is -2.45. The Bertz CT molecular complexity index is 267. The normalized spacial score (nSPS) is 11.8. The number of carboxylic acids is 1. The number of nitrogens with two attached hydrogens (primary N) is 1. The van der Waals surface area contributed by atoms with Crippen molar-refractivity contribution in [1.29, 1.82) is 0 Å². The number of hydrogen-bond donors (Lipinski definition) is 3. The van der Waals surface area contributed by atoms with Crippen molar-refractivity contribution in [3.8, 4) is 0 Å². The summed E-state index contributed by atoms with van der Waals surface area (Å²) in [4.78, 5) is 32.4. The van der Waals surface area contributed by atoms with Crippen LogP contribution in [0.1, 0.15) is 19.8 Å². The van der Waals surface area contributed by atoms with Crippen molar-refractivity contribution in [2.24, 2.45) is 5.73 Å². The van der Waals surface area contributed by atoms with Crippen LogP contribution in [0.5, 0.6) is 0 Å². The molecule has 0 aromatic heterocycles. The third-order valence-electron chi connectivity index (χ3n) is 1.76. The molecule has 16 heavy (non-hydrogen) atoms. The van der Waals surface area contributed by atoms with Gasteiger partial charge in [0.1, 0.15) is 12.6 Å². The fourth-order valence-electron chi connectivity index (χ4n) is 0.984. The molecule has 0 aliphatic carbocycles. The lowest BCUT2D eigenvalue weighted by atomic mass is 10.1.